The lowest BCUT2D eigenvalue weighted by Crippen LogP contribution is -2.01. The third kappa shape index (κ3) is 5.35. The SMILES string of the molecule is c1ccc(-c2nc(-c3cccc(-c4cccc5ccc6nc(-c7ccccc7)oc6c45)c3)nc(-c3cccc(-n4c5ccccc5c5ccccc54)c3)n2)cc1. The highest BCUT2D eigenvalue weighted by atomic mass is 16.3. The molecule has 0 bridgehead atoms. The summed E-state index contributed by atoms with van der Waals surface area (Å²) in [4.78, 5) is 20.2. The second-order valence-electron chi connectivity index (χ2n) is 13.9. The van der Waals surface area contributed by atoms with Crippen LogP contribution in [-0.2, 0) is 0 Å². The van der Waals surface area contributed by atoms with E-state index in [-0.39, 0.29) is 0 Å². The first-order valence-corrected chi connectivity index (χ1v) is 18.6. The summed E-state index contributed by atoms with van der Waals surface area (Å²) in [7, 11) is 0. The Morgan fingerprint density at radius 3 is 1.66 bits per heavy atom. The number of para-hydroxylation sites is 2. The molecule has 0 amide bonds. The minimum absolute atomic E-state index is 0.592. The lowest BCUT2D eigenvalue weighted by molar-refractivity contribution is 0.623. The molecule has 0 saturated carbocycles. The fourth-order valence-electron chi connectivity index (χ4n) is 7.86. The van der Waals surface area contributed by atoms with Crippen molar-refractivity contribution in [3.63, 3.8) is 0 Å². The molecule has 56 heavy (non-hydrogen) atoms. The largest absolute Gasteiger partial charge is 0.435 e. The van der Waals surface area contributed by atoms with Crippen LogP contribution in [0.15, 0.2) is 192 Å². The molecule has 3 heterocycles. The van der Waals surface area contributed by atoms with Crippen LogP contribution in [0.2, 0.25) is 0 Å². The molecular formula is C50H31N5O. The second-order valence-corrected chi connectivity index (χ2v) is 13.9. The van der Waals surface area contributed by atoms with Crippen molar-refractivity contribution in [1.29, 1.82) is 0 Å². The molecule has 0 aliphatic carbocycles. The average Bonchev–Trinajstić information content (AvgIpc) is 3.87. The molecule has 0 aliphatic rings. The Kier molecular flexibility index (Phi) is 7.38. The van der Waals surface area contributed by atoms with E-state index in [9.17, 15) is 0 Å². The second kappa shape index (κ2) is 13.0. The lowest BCUT2D eigenvalue weighted by Gasteiger charge is -2.12. The van der Waals surface area contributed by atoms with Gasteiger partial charge in [0.15, 0.2) is 23.1 Å². The van der Waals surface area contributed by atoms with Crippen molar-refractivity contribution >= 4 is 43.7 Å². The van der Waals surface area contributed by atoms with Crippen LogP contribution in [0.4, 0.5) is 0 Å². The van der Waals surface area contributed by atoms with Gasteiger partial charge in [0.25, 0.3) is 0 Å². The van der Waals surface area contributed by atoms with Gasteiger partial charge in [-0.2, -0.15) is 0 Å². The monoisotopic (exact) mass is 717 g/mol. The van der Waals surface area contributed by atoms with E-state index in [1.54, 1.807) is 0 Å². The Balaban J connectivity index is 1.06. The summed E-state index contributed by atoms with van der Waals surface area (Å²) in [6.45, 7) is 0. The molecule has 0 saturated heterocycles. The van der Waals surface area contributed by atoms with Crippen LogP contribution in [0, 0.1) is 0 Å². The highest BCUT2D eigenvalue weighted by Crippen LogP contribution is 2.38. The van der Waals surface area contributed by atoms with Gasteiger partial charge >= 0.3 is 0 Å². The van der Waals surface area contributed by atoms with E-state index in [4.69, 9.17) is 24.4 Å². The lowest BCUT2D eigenvalue weighted by atomic mass is 9.96. The van der Waals surface area contributed by atoms with Gasteiger partial charge in [-0.25, -0.2) is 19.9 Å². The predicted molar refractivity (Wildman–Crippen MR) is 226 cm³/mol. The Hall–Kier alpha value is -7.70. The summed E-state index contributed by atoms with van der Waals surface area (Å²) in [5.74, 6) is 2.41. The van der Waals surface area contributed by atoms with Gasteiger partial charge in [-0.05, 0) is 65.0 Å². The Morgan fingerprint density at radius 2 is 0.946 bits per heavy atom. The van der Waals surface area contributed by atoms with Crippen LogP contribution in [-0.4, -0.2) is 24.5 Å². The van der Waals surface area contributed by atoms with E-state index >= 15 is 0 Å². The van der Waals surface area contributed by atoms with Crippen molar-refractivity contribution in [2.75, 3.05) is 0 Å². The molecule has 11 aromatic rings. The van der Waals surface area contributed by atoms with Crippen LogP contribution >= 0.6 is 0 Å². The number of fused-ring (bicyclic) bond motifs is 6. The van der Waals surface area contributed by atoms with Crippen LogP contribution in [0.5, 0.6) is 0 Å². The molecule has 262 valence electrons. The molecule has 0 unspecified atom stereocenters. The summed E-state index contributed by atoms with van der Waals surface area (Å²) in [5.41, 5.74) is 10.6. The van der Waals surface area contributed by atoms with E-state index in [2.05, 4.69) is 126 Å². The Morgan fingerprint density at radius 1 is 0.393 bits per heavy atom. The number of rotatable bonds is 6. The van der Waals surface area contributed by atoms with E-state index in [1.807, 2.05) is 66.7 Å². The van der Waals surface area contributed by atoms with Crippen molar-refractivity contribution in [2.24, 2.45) is 0 Å². The first kappa shape index (κ1) is 31.8. The normalized spacial score (nSPS) is 11.6. The van der Waals surface area contributed by atoms with E-state index < -0.39 is 0 Å². The quantitative estimate of drug-likeness (QED) is 0.171. The molecule has 6 heteroatoms. The standard InChI is InChI=1S/C50H31N5O/c1-3-14-33(15-4-1)47-52-48(54-49(53-47)37-21-12-22-38(31-37)55-43-26-9-7-23-40(43)41-24-8-10-27-44(41)55)36-20-11-19-35(30-36)39-25-13-18-32-28-29-42-46(45(32)39)56-50(51-42)34-16-5-2-6-17-34/h1-31H. The first-order valence-electron chi connectivity index (χ1n) is 18.6. The molecule has 6 nitrogen and oxygen atoms in total. The van der Waals surface area contributed by atoms with Gasteiger partial charge < -0.3 is 8.98 Å². The third-order valence-corrected chi connectivity index (χ3v) is 10.5. The third-order valence-electron chi connectivity index (χ3n) is 10.5. The molecular weight excluding hydrogens is 687 g/mol. The van der Waals surface area contributed by atoms with Crippen molar-refractivity contribution in [1.82, 2.24) is 24.5 Å². The van der Waals surface area contributed by atoms with Crippen LogP contribution in [0.25, 0.3) is 106 Å². The first-order chi connectivity index (χ1) is 27.7. The smallest absolute Gasteiger partial charge is 0.227 e. The summed E-state index contributed by atoms with van der Waals surface area (Å²) in [6, 6.07) is 64.6. The molecule has 0 aliphatic heterocycles. The van der Waals surface area contributed by atoms with Gasteiger partial charge in [-0.1, -0.05) is 140 Å². The van der Waals surface area contributed by atoms with Gasteiger partial charge in [-0.3, -0.25) is 0 Å². The summed E-state index contributed by atoms with van der Waals surface area (Å²) in [6.07, 6.45) is 0. The maximum Gasteiger partial charge on any atom is 0.227 e. The molecule has 3 aromatic heterocycles. The maximum absolute atomic E-state index is 6.51. The van der Waals surface area contributed by atoms with Crippen molar-refractivity contribution < 1.29 is 4.42 Å². The molecule has 0 N–H and O–H groups in total. The predicted octanol–water partition coefficient (Wildman–Crippen LogP) is 12.6. The number of hydrogen-bond donors (Lipinski definition) is 0. The zero-order valence-electron chi connectivity index (χ0n) is 30.0. The van der Waals surface area contributed by atoms with Crippen LogP contribution in [0.3, 0.4) is 0 Å². The summed E-state index contributed by atoms with van der Waals surface area (Å²) >= 11 is 0. The maximum atomic E-state index is 6.51. The number of nitrogens with zero attached hydrogens (tertiary/aromatic N) is 5. The van der Waals surface area contributed by atoms with E-state index in [0.29, 0.717) is 23.4 Å². The van der Waals surface area contributed by atoms with Crippen LogP contribution in [0.1, 0.15) is 0 Å². The minimum Gasteiger partial charge on any atom is -0.435 e. The van der Waals surface area contributed by atoms with Crippen molar-refractivity contribution in [3.05, 3.63) is 188 Å². The van der Waals surface area contributed by atoms with Gasteiger partial charge in [0.05, 0.1) is 11.0 Å². The highest BCUT2D eigenvalue weighted by molar-refractivity contribution is 6.12. The van der Waals surface area contributed by atoms with Crippen LogP contribution < -0.4 is 0 Å². The number of benzene rings is 8. The molecule has 8 aromatic carbocycles. The number of oxazole rings is 1. The summed E-state index contributed by atoms with van der Waals surface area (Å²) < 4.78 is 8.83. The Labute approximate surface area is 322 Å². The van der Waals surface area contributed by atoms with Crippen molar-refractivity contribution in [3.8, 4) is 62.4 Å². The zero-order chi connectivity index (χ0) is 37.0. The zero-order valence-corrected chi connectivity index (χ0v) is 30.0. The average molecular weight is 718 g/mol. The topological polar surface area (TPSA) is 69.6 Å². The summed E-state index contributed by atoms with van der Waals surface area (Å²) in [5, 5.41) is 4.52. The van der Waals surface area contributed by atoms with E-state index in [1.165, 1.54) is 10.8 Å². The molecule has 0 atom stereocenters. The molecule has 11 rings (SSSR count). The van der Waals surface area contributed by atoms with Gasteiger partial charge in [-0.15, -0.1) is 0 Å². The fraction of sp³-hybridized carbons (Fsp3) is 0. The van der Waals surface area contributed by atoms with Gasteiger partial charge in [0, 0.05) is 44.1 Å². The Bertz CT molecular complexity index is 3200. The molecule has 0 fully saturated rings. The highest BCUT2D eigenvalue weighted by Gasteiger charge is 2.18. The van der Waals surface area contributed by atoms with Crippen molar-refractivity contribution in [2.45, 2.75) is 0 Å². The molecule has 0 spiro atoms. The molecule has 0 radical (unpaired) electrons. The fourth-order valence-corrected chi connectivity index (χ4v) is 7.86. The van der Waals surface area contributed by atoms with Gasteiger partial charge in [0.1, 0.15) is 5.52 Å². The van der Waals surface area contributed by atoms with E-state index in [0.717, 1.165) is 72.0 Å². The minimum atomic E-state index is 0.592. The van der Waals surface area contributed by atoms with Gasteiger partial charge in [0.2, 0.25) is 5.89 Å². The number of hydrogen-bond acceptors (Lipinski definition) is 5. The number of aromatic nitrogens is 5.